The largest absolute Gasteiger partial charge is 0.504 e. The minimum Gasteiger partial charge on any atom is -0.504 e. The van der Waals surface area contributed by atoms with E-state index in [-0.39, 0.29) is 38.2 Å². The van der Waals surface area contributed by atoms with E-state index in [2.05, 4.69) is 4.98 Å². The van der Waals surface area contributed by atoms with E-state index >= 15 is 0 Å². The van der Waals surface area contributed by atoms with Crippen LogP contribution < -0.4 is 10.6 Å². The Balaban J connectivity index is 1.96. The van der Waals surface area contributed by atoms with Crippen molar-refractivity contribution in [3.63, 3.8) is 0 Å². The van der Waals surface area contributed by atoms with Crippen molar-refractivity contribution in [2.75, 3.05) is 31.2 Å². The van der Waals surface area contributed by atoms with E-state index in [1.54, 1.807) is 9.91 Å². The number of halogens is 2. The summed E-state index contributed by atoms with van der Waals surface area (Å²) in [5.41, 5.74) is -0.305. The number of amides is 1. The Morgan fingerprint density at radius 2 is 1.92 bits per heavy atom. The van der Waals surface area contributed by atoms with E-state index in [4.69, 9.17) is 23.2 Å². The second kappa shape index (κ2) is 6.49. The first-order valence-electron chi connectivity index (χ1n) is 7.55. The molecule has 1 fully saturated rings. The summed E-state index contributed by atoms with van der Waals surface area (Å²) in [5.74, 6) is -0.167. The highest BCUT2D eigenvalue weighted by atomic mass is 35.5. The Morgan fingerprint density at radius 1 is 1.25 bits per heavy atom. The van der Waals surface area contributed by atoms with Crippen LogP contribution in [0.15, 0.2) is 17.2 Å². The lowest BCUT2D eigenvalue weighted by molar-refractivity contribution is -0.131. The molecule has 128 valence electrons. The van der Waals surface area contributed by atoms with Crippen molar-refractivity contribution in [2.45, 2.75) is 13.3 Å². The summed E-state index contributed by atoms with van der Waals surface area (Å²) in [6.45, 7) is 3.92. The van der Waals surface area contributed by atoms with E-state index in [0.29, 0.717) is 32.6 Å². The van der Waals surface area contributed by atoms with Crippen LogP contribution in [0.1, 0.15) is 13.3 Å². The highest BCUT2D eigenvalue weighted by molar-refractivity contribution is 6.39. The molecule has 9 heteroatoms. The standard InChI is InChI=1S/C15H16Cl2N4O3/c1-2-11(22)19-3-5-20(6-4-19)21-8-18-13-12(15(21)24)9(16)7-10(17)14(13)23/h7-8,23H,2-6H2,1H3. The van der Waals surface area contributed by atoms with Crippen molar-refractivity contribution in [2.24, 2.45) is 0 Å². The summed E-state index contributed by atoms with van der Waals surface area (Å²) in [6.07, 6.45) is 1.81. The Hall–Kier alpha value is -1.99. The van der Waals surface area contributed by atoms with Crippen LogP contribution in [0.4, 0.5) is 0 Å². The summed E-state index contributed by atoms with van der Waals surface area (Å²) < 4.78 is 1.37. The van der Waals surface area contributed by atoms with Crippen LogP contribution in [0.5, 0.6) is 5.75 Å². The monoisotopic (exact) mass is 370 g/mol. The molecule has 1 aromatic carbocycles. The van der Waals surface area contributed by atoms with Gasteiger partial charge in [-0.05, 0) is 6.07 Å². The van der Waals surface area contributed by atoms with Crippen molar-refractivity contribution in [1.29, 1.82) is 0 Å². The highest BCUT2D eigenvalue weighted by Gasteiger charge is 2.22. The predicted molar refractivity (Wildman–Crippen MR) is 92.5 cm³/mol. The van der Waals surface area contributed by atoms with Gasteiger partial charge in [-0.1, -0.05) is 30.1 Å². The Morgan fingerprint density at radius 3 is 2.54 bits per heavy atom. The molecule has 7 nitrogen and oxygen atoms in total. The molecule has 1 aliphatic heterocycles. The van der Waals surface area contributed by atoms with Gasteiger partial charge in [0.1, 0.15) is 11.8 Å². The van der Waals surface area contributed by atoms with Crippen LogP contribution >= 0.6 is 23.2 Å². The lowest BCUT2D eigenvalue weighted by atomic mass is 10.2. The molecule has 1 saturated heterocycles. The highest BCUT2D eigenvalue weighted by Crippen LogP contribution is 2.34. The molecule has 1 aromatic heterocycles. The maximum absolute atomic E-state index is 12.7. The molecule has 0 bridgehead atoms. The first kappa shape index (κ1) is 16.9. The second-order valence-electron chi connectivity index (χ2n) is 5.49. The average Bonchev–Trinajstić information content (AvgIpc) is 2.59. The van der Waals surface area contributed by atoms with Crippen LogP contribution in [0.3, 0.4) is 0 Å². The van der Waals surface area contributed by atoms with Crippen molar-refractivity contribution >= 4 is 40.0 Å². The molecule has 2 aromatic rings. The molecule has 0 radical (unpaired) electrons. The van der Waals surface area contributed by atoms with E-state index in [9.17, 15) is 14.7 Å². The SMILES string of the molecule is CCC(=O)N1CCN(n2cnc3c(O)c(Cl)cc(Cl)c3c2=O)CC1. The van der Waals surface area contributed by atoms with Crippen LogP contribution in [-0.4, -0.2) is 51.8 Å². The molecule has 0 unspecified atom stereocenters. The van der Waals surface area contributed by atoms with Gasteiger partial charge in [0.25, 0.3) is 5.56 Å². The number of benzene rings is 1. The van der Waals surface area contributed by atoms with Gasteiger partial charge in [-0.2, -0.15) is 0 Å². The number of phenols is 1. The van der Waals surface area contributed by atoms with Gasteiger partial charge in [-0.15, -0.1) is 0 Å². The van der Waals surface area contributed by atoms with E-state index in [0.717, 1.165) is 0 Å². The van der Waals surface area contributed by atoms with Crippen molar-refractivity contribution in [3.05, 3.63) is 32.8 Å². The molecule has 1 aliphatic rings. The summed E-state index contributed by atoms with van der Waals surface area (Å²) in [7, 11) is 0. The topological polar surface area (TPSA) is 78.7 Å². The van der Waals surface area contributed by atoms with Crippen molar-refractivity contribution in [3.8, 4) is 5.75 Å². The van der Waals surface area contributed by atoms with Crippen LogP contribution in [-0.2, 0) is 4.79 Å². The molecule has 1 amide bonds. The van der Waals surface area contributed by atoms with Gasteiger partial charge in [0.15, 0.2) is 5.75 Å². The zero-order valence-electron chi connectivity index (χ0n) is 13.0. The summed E-state index contributed by atoms with van der Waals surface area (Å²) in [4.78, 5) is 30.4. The number of rotatable bonds is 2. The molecule has 3 rings (SSSR count). The molecule has 0 atom stereocenters. The number of fused-ring (bicyclic) bond motifs is 1. The number of hydrogen-bond acceptors (Lipinski definition) is 5. The number of aromatic nitrogens is 2. The molecule has 1 N–H and O–H groups in total. The van der Waals surface area contributed by atoms with E-state index < -0.39 is 0 Å². The van der Waals surface area contributed by atoms with Gasteiger partial charge in [-0.25, -0.2) is 9.66 Å². The number of hydrogen-bond donors (Lipinski definition) is 1. The normalized spacial score (nSPS) is 15.1. The van der Waals surface area contributed by atoms with Crippen LogP contribution in [0.2, 0.25) is 10.0 Å². The fourth-order valence-electron chi connectivity index (χ4n) is 2.79. The number of carbonyl (C=O) groups excluding carboxylic acids is 1. The molecule has 0 aliphatic carbocycles. The maximum Gasteiger partial charge on any atom is 0.281 e. The summed E-state index contributed by atoms with van der Waals surface area (Å²) >= 11 is 12.0. The molecule has 24 heavy (non-hydrogen) atoms. The van der Waals surface area contributed by atoms with Crippen molar-refractivity contribution < 1.29 is 9.90 Å². The Kier molecular flexibility index (Phi) is 4.56. The lowest BCUT2D eigenvalue weighted by Crippen LogP contribution is -2.55. The molecule has 0 saturated carbocycles. The quantitative estimate of drug-likeness (QED) is 0.868. The number of piperazine rings is 1. The lowest BCUT2D eigenvalue weighted by Gasteiger charge is -2.36. The summed E-state index contributed by atoms with van der Waals surface area (Å²) in [5, 5.41) is 12.1. The number of aromatic hydroxyl groups is 1. The number of nitrogens with zero attached hydrogens (tertiary/aromatic N) is 4. The molecule has 2 heterocycles. The van der Waals surface area contributed by atoms with Gasteiger partial charge in [-0.3, -0.25) is 9.59 Å². The second-order valence-corrected chi connectivity index (χ2v) is 6.31. The van der Waals surface area contributed by atoms with Crippen LogP contribution in [0, 0.1) is 0 Å². The third-order valence-electron chi connectivity index (χ3n) is 4.11. The van der Waals surface area contributed by atoms with E-state index in [1.807, 2.05) is 6.92 Å². The summed E-state index contributed by atoms with van der Waals surface area (Å²) in [6, 6.07) is 1.33. The Bertz CT molecular complexity index is 860. The minimum atomic E-state index is -0.382. The first-order chi connectivity index (χ1) is 11.4. The average molecular weight is 371 g/mol. The fraction of sp³-hybridized carbons (Fsp3) is 0.400. The number of phenolic OH excluding ortho intramolecular Hbond substituents is 1. The third-order valence-corrected chi connectivity index (χ3v) is 4.70. The molecule has 0 spiro atoms. The Labute approximate surface area is 148 Å². The maximum atomic E-state index is 12.7. The first-order valence-corrected chi connectivity index (χ1v) is 8.31. The molecular formula is C15H16Cl2N4O3. The van der Waals surface area contributed by atoms with Gasteiger partial charge >= 0.3 is 0 Å². The van der Waals surface area contributed by atoms with Gasteiger partial charge in [0, 0.05) is 19.5 Å². The van der Waals surface area contributed by atoms with Crippen molar-refractivity contribution in [1.82, 2.24) is 14.6 Å². The zero-order valence-corrected chi connectivity index (χ0v) is 14.5. The fourth-order valence-corrected chi connectivity index (χ4v) is 3.32. The number of carbonyl (C=O) groups is 1. The minimum absolute atomic E-state index is 0.0452. The van der Waals surface area contributed by atoms with Gasteiger partial charge in [0.2, 0.25) is 5.91 Å². The third kappa shape index (κ3) is 2.78. The predicted octanol–water partition coefficient (Wildman–Crippen LogP) is 1.60. The van der Waals surface area contributed by atoms with Gasteiger partial charge < -0.3 is 15.0 Å². The van der Waals surface area contributed by atoms with E-state index in [1.165, 1.54) is 17.1 Å². The smallest absolute Gasteiger partial charge is 0.281 e. The van der Waals surface area contributed by atoms with Gasteiger partial charge in [0.05, 0.1) is 28.5 Å². The van der Waals surface area contributed by atoms with Crippen LogP contribution in [0.25, 0.3) is 10.9 Å². The molecular weight excluding hydrogens is 355 g/mol. The zero-order chi connectivity index (χ0) is 17.4.